The third-order valence-electron chi connectivity index (χ3n) is 3.70. The Labute approximate surface area is 123 Å². The third-order valence-corrected chi connectivity index (χ3v) is 3.70. The fourth-order valence-electron chi connectivity index (χ4n) is 2.17. The number of rotatable bonds is 5. The standard InChI is InChI=1S/C16H20N2O3/c1-2-16(10-19,11-20)18-15(21)17-14-9-5-7-12-6-3-4-8-13(12)14/h3-9,19-20H,2,10-11H2,1H3,(H2,17,18,21). The van der Waals surface area contributed by atoms with Crippen LogP contribution in [0.4, 0.5) is 10.5 Å². The van der Waals surface area contributed by atoms with E-state index in [0.29, 0.717) is 12.1 Å². The SMILES string of the molecule is CCC(CO)(CO)NC(=O)Nc1cccc2ccccc12. The van der Waals surface area contributed by atoms with Crippen LogP contribution in [0.15, 0.2) is 42.5 Å². The number of hydrogen-bond donors (Lipinski definition) is 4. The van der Waals surface area contributed by atoms with Crippen molar-refractivity contribution in [2.24, 2.45) is 0 Å². The van der Waals surface area contributed by atoms with Gasteiger partial charge in [-0.05, 0) is 17.9 Å². The molecule has 0 bridgehead atoms. The van der Waals surface area contributed by atoms with Crippen LogP contribution >= 0.6 is 0 Å². The summed E-state index contributed by atoms with van der Waals surface area (Å²) in [4.78, 5) is 12.1. The Balaban J connectivity index is 2.19. The molecule has 0 fully saturated rings. The van der Waals surface area contributed by atoms with Crippen LogP contribution in [0, 0.1) is 0 Å². The van der Waals surface area contributed by atoms with Crippen LogP contribution in [0.5, 0.6) is 0 Å². The maximum atomic E-state index is 12.1. The van der Waals surface area contributed by atoms with E-state index in [0.717, 1.165) is 10.8 Å². The monoisotopic (exact) mass is 288 g/mol. The van der Waals surface area contributed by atoms with E-state index in [9.17, 15) is 15.0 Å². The highest BCUT2D eigenvalue weighted by Gasteiger charge is 2.28. The van der Waals surface area contributed by atoms with Crippen LogP contribution in [-0.2, 0) is 0 Å². The second kappa shape index (κ2) is 6.56. The van der Waals surface area contributed by atoms with Crippen molar-refractivity contribution in [2.75, 3.05) is 18.5 Å². The molecular formula is C16H20N2O3. The lowest BCUT2D eigenvalue weighted by Gasteiger charge is -2.29. The zero-order valence-corrected chi connectivity index (χ0v) is 12.0. The largest absolute Gasteiger partial charge is 0.394 e. The average molecular weight is 288 g/mol. The summed E-state index contributed by atoms with van der Waals surface area (Å²) in [6.07, 6.45) is 0.433. The molecule has 0 aliphatic carbocycles. The van der Waals surface area contributed by atoms with Crippen LogP contribution in [0.1, 0.15) is 13.3 Å². The third kappa shape index (κ3) is 3.32. The average Bonchev–Trinajstić information content (AvgIpc) is 2.53. The summed E-state index contributed by atoms with van der Waals surface area (Å²) >= 11 is 0. The lowest BCUT2D eigenvalue weighted by Crippen LogP contribution is -2.55. The Morgan fingerprint density at radius 2 is 1.76 bits per heavy atom. The first-order valence-corrected chi connectivity index (χ1v) is 6.93. The molecule has 2 rings (SSSR count). The number of aliphatic hydroxyl groups excluding tert-OH is 2. The molecule has 0 saturated heterocycles. The van der Waals surface area contributed by atoms with Gasteiger partial charge in [0.25, 0.3) is 0 Å². The maximum absolute atomic E-state index is 12.1. The lowest BCUT2D eigenvalue weighted by molar-refractivity contribution is 0.0956. The van der Waals surface area contributed by atoms with Crippen molar-refractivity contribution in [3.63, 3.8) is 0 Å². The van der Waals surface area contributed by atoms with E-state index in [1.807, 2.05) is 42.5 Å². The zero-order chi connectivity index (χ0) is 15.3. The van der Waals surface area contributed by atoms with Crippen molar-refractivity contribution in [3.05, 3.63) is 42.5 Å². The second-order valence-corrected chi connectivity index (χ2v) is 5.06. The number of amides is 2. The molecule has 0 heterocycles. The molecule has 5 nitrogen and oxygen atoms in total. The minimum absolute atomic E-state index is 0.317. The summed E-state index contributed by atoms with van der Waals surface area (Å²) in [5.41, 5.74) is -0.319. The molecule has 0 atom stereocenters. The first kappa shape index (κ1) is 15.3. The smallest absolute Gasteiger partial charge is 0.319 e. The fraction of sp³-hybridized carbons (Fsp3) is 0.312. The normalized spacial score (nSPS) is 11.4. The predicted molar refractivity (Wildman–Crippen MR) is 83.3 cm³/mol. The Morgan fingerprint density at radius 1 is 1.10 bits per heavy atom. The summed E-state index contributed by atoms with van der Waals surface area (Å²) in [5, 5.41) is 26.1. The van der Waals surface area contributed by atoms with Gasteiger partial charge in [0.05, 0.1) is 24.4 Å². The second-order valence-electron chi connectivity index (χ2n) is 5.06. The number of carbonyl (C=O) groups excluding carboxylic acids is 1. The van der Waals surface area contributed by atoms with Crippen LogP contribution in [0.3, 0.4) is 0 Å². The molecule has 21 heavy (non-hydrogen) atoms. The van der Waals surface area contributed by atoms with Crippen molar-refractivity contribution in [1.29, 1.82) is 0 Å². The van der Waals surface area contributed by atoms with E-state index < -0.39 is 11.6 Å². The molecule has 0 aromatic heterocycles. The molecule has 112 valence electrons. The summed E-state index contributed by atoms with van der Waals surface area (Å²) in [5.74, 6) is 0. The molecule has 0 saturated carbocycles. The van der Waals surface area contributed by atoms with Gasteiger partial charge < -0.3 is 20.8 Å². The number of hydrogen-bond acceptors (Lipinski definition) is 3. The Hall–Kier alpha value is -2.11. The number of urea groups is 1. The fourth-order valence-corrected chi connectivity index (χ4v) is 2.17. The van der Waals surface area contributed by atoms with E-state index in [1.54, 1.807) is 6.92 Å². The number of fused-ring (bicyclic) bond motifs is 1. The highest BCUT2D eigenvalue weighted by Crippen LogP contribution is 2.23. The number of anilines is 1. The van der Waals surface area contributed by atoms with E-state index in [-0.39, 0.29) is 13.2 Å². The van der Waals surface area contributed by atoms with Crippen molar-refractivity contribution >= 4 is 22.5 Å². The first-order valence-electron chi connectivity index (χ1n) is 6.93. The van der Waals surface area contributed by atoms with Gasteiger partial charge in [0.1, 0.15) is 0 Å². The zero-order valence-electron chi connectivity index (χ0n) is 12.0. The van der Waals surface area contributed by atoms with Crippen molar-refractivity contribution < 1.29 is 15.0 Å². The van der Waals surface area contributed by atoms with Gasteiger partial charge in [0.2, 0.25) is 0 Å². The highest BCUT2D eigenvalue weighted by atomic mass is 16.3. The van der Waals surface area contributed by atoms with Gasteiger partial charge in [-0.25, -0.2) is 4.79 Å². The molecule has 5 heteroatoms. The van der Waals surface area contributed by atoms with E-state index in [4.69, 9.17) is 0 Å². The van der Waals surface area contributed by atoms with E-state index in [2.05, 4.69) is 10.6 Å². The molecule has 2 aromatic rings. The lowest BCUT2D eigenvalue weighted by atomic mass is 9.99. The van der Waals surface area contributed by atoms with Crippen molar-refractivity contribution in [3.8, 4) is 0 Å². The van der Waals surface area contributed by atoms with Crippen LogP contribution in [0.2, 0.25) is 0 Å². The van der Waals surface area contributed by atoms with Crippen molar-refractivity contribution in [2.45, 2.75) is 18.9 Å². The van der Waals surface area contributed by atoms with Gasteiger partial charge in [-0.3, -0.25) is 0 Å². The van der Waals surface area contributed by atoms with Gasteiger partial charge >= 0.3 is 6.03 Å². The minimum atomic E-state index is -1.01. The van der Waals surface area contributed by atoms with Crippen molar-refractivity contribution in [1.82, 2.24) is 5.32 Å². The number of benzene rings is 2. The quantitative estimate of drug-likeness (QED) is 0.680. The number of carbonyl (C=O) groups is 1. The Bertz CT molecular complexity index is 610. The van der Waals surface area contributed by atoms with Gasteiger partial charge in [-0.15, -0.1) is 0 Å². The molecular weight excluding hydrogens is 268 g/mol. The van der Waals surface area contributed by atoms with Gasteiger partial charge in [-0.1, -0.05) is 43.3 Å². The number of nitrogens with one attached hydrogen (secondary N) is 2. The summed E-state index contributed by atoms with van der Waals surface area (Å²) < 4.78 is 0. The molecule has 0 unspecified atom stereocenters. The maximum Gasteiger partial charge on any atom is 0.319 e. The molecule has 0 aliphatic heterocycles. The Morgan fingerprint density at radius 3 is 2.43 bits per heavy atom. The van der Waals surface area contributed by atoms with Gasteiger partial charge in [-0.2, -0.15) is 0 Å². The van der Waals surface area contributed by atoms with Crippen LogP contribution < -0.4 is 10.6 Å². The molecule has 2 amide bonds. The summed E-state index contributed by atoms with van der Waals surface area (Å²) in [6, 6.07) is 12.9. The minimum Gasteiger partial charge on any atom is -0.394 e. The molecule has 0 radical (unpaired) electrons. The topological polar surface area (TPSA) is 81.6 Å². The molecule has 0 spiro atoms. The molecule has 0 aliphatic rings. The number of aliphatic hydroxyl groups is 2. The van der Waals surface area contributed by atoms with Gasteiger partial charge in [0, 0.05) is 5.39 Å². The predicted octanol–water partition coefficient (Wildman–Crippen LogP) is 2.09. The van der Waals surface area contributed by atoms with Gasteiger partial charge in [0.15, 0.2) is 0 Å². The first-order chi connectivity index (χ1) is 10.1. The van der Waals surface area contributed by atoms with Crippen LogP contribution in [-0.4, -0.2) is 35.0 Å². The van der Waals surface area contributed by atoms with Crippen LogP contribution in [0.25, 0.3) is 10.8 Å². The molecule has 4 N–H and O–H groups in total. The summed E-state index contributed by atoms with van der Waals surface area (Å²) in [7, 11) is 0. The Kier molecular flexibility index (Phi) is 4.77. The summed E-state index contributed by atoms with van der Waals surface area (Å²) in [6.45, 7) is 1.16. The van der Waals surface area contributed by atoms with E-state index in [1.165, 1.54) is 0 Å². The highest BCUT2D eigenvalue weighted by molar-refractivity contribution is 6.01. The molecule has 2 aromatic carbocycles. The van der Waals surface area contributed by atoms with E-state index >= 15 is 0 Å².